The van der Waals surface area contributed by atoms with Crippen LogP contribution in [-0.4, -0.2) is 19.7 Å². The number of hydrogen-bond acceptors (Lipinski definition) is 4. The van der Waals surface area contributed by atoms with Crippen molar-refractivity contribution in [3.05, 3.63) is 101 Å². The Labute approximate surface area is 191 Å². The molecule has 0 amide bonds. The standard InChI is InChI=1S/C27H21ClO4/c1-30-26-17-19(9-11-21-7-4-6-20-5-2-3-8-24(20)21)10-16-25(26)32-27(29)18-31-23-14-12-22(28)13-15-23/h2-17H,18H2,1H3. The van der Waals surface area contributed by atoms with E-state index in [1.807, 2.05) is 36.4 Å². The fourth-order valence-electron chi connectivity index (χ4n) is 3.28. The van der Waals surface area contributed by atoms with E-state index >= 15 is 0 Å². The fourth-order valence-corrected chi connectivity index (χ4v) is 3.41. The van der Waals surface area contributed by atoms with Crippen molar-refractivity contribution in [1.82, 2.24) is 0 Å². The van der Waals surface area contributed by atoms with Gasteiger partial charge in [-0.3, -0.25) is 0 Å². The number of carbonyl (C=O) groups excluding carboxylic acids is 1. The van der Waals surface area contributed by atoms with Gasteiger partial charge in [-0.1, -0.05) is 72.3 Å². The van der Waals surface area contributed by atoms with E-state index in [0.29, 0.717) is 22.3 Å². The lowest BCUT2D eigenvalue weighted by Gasteiger charge is -2.11. The highest BCUT2D eigenvalue weighted by Crippen LogP contribution is 2.29. The van der Waals surface area contributed by atoms with Crippen LogP contribution in [0, 0.1) is 0 Å². The molecule has 4 nitrogen and oxygen atoms in total. The van der Waals surface area contributed by atoms with Crippen LogP contribution < -0.4 is 14.2 Å². The number of methoxy groups -OCH3 is 1. The molecule has 160 valence electrons. The smallest absolute Gasteiger partial charge is 0.349 e. The van der Waals surface area contributed by atoms with Crippen molar-refractivity contribution in [3.63, 3.8) is 0 Å². The minimum absolute atomic E-state index is 0.229. The molecule has 0 heterocycles. The number of halogens is 1. The predicted molar refractivity (Wildman–Crippen MR) is 128 cm³/mol. The van der Waals surface area contributed by atoms with Gasteiger partial charge in [0.15, 0.2) is 18.1 Å². The van der Waals surface area contributed by atoms with Gasteiger partial charge in [0.1, 0.15) is 5.75 Å². The predicted octanol–water partition coefficient (Wildman–Crippen LogP) is 6.66. The van der Waals surface area contributed by atoms with Crippen LogP contribution >= 0.6 is 11.6 Å². The molecule has 0 aliphatic rings. The van der Waals surface area contributed by atoms with E-state index in [-0.39, 0.29) is 6.61 Å². The molecule has 0 saturated heterocycles. The lowest BCUT2D eigenvalue weighted by atomic mass is 10.0. The Balaban J connectivity index is 1.44. The maximum Gasteiger partial charge on any atom is 0.349 e. The number of carbonyl (C=O) groups is 1. The summed E-state index contributed by atoms with van der Waals surface area (Å²) in [4.78, 5) is 12.2. The molecule has 5 heteroatoms. The quantitative estimate of drug-likeness (QED) is 0.182. The molecule has 32 heavy (non-hydrogen) atoms. The Kier molecular flexibility index (Phi) is 6.73. The summed E-state index contributed by atoms with van der Waals surface area (Å²) in [6, 6.07) is 26.6. The van der Waals surface area contributed by atoms with Crippen LogP contribution in [0.4, 0.5) is 0 Å². The molecule has 0 aliphatic carbocycles. The molecule has 0 spiro atoms. The highest BCUT2D eigenvalue weighted by atomic mass is 35.5. The van der Waals surface area contributed by atoms with Gasteiger partial charge in [-0.2, -0.15) is 0 Å². The molecule has 0 bridgehead atoms. The second-order valence-electron chi connectivity index (χ2n) is 7.03. The summed E-state index contributed by atoms with van der Waals surface area (Å²) < 4.78 is 16.3. The highest BCUT2D eigenvalue weighted by Gasteiger charge is 2.11. The number of hydrogen-bond donors (Lipinski definition) is 0. The third kappa shape index (κ3) is 5.29. The first-order valence-electron chi connectivity index (χ1n) is 10.1. The number of rotatable bonds is 7. The zero-order valence-corrected chi connectivity index (χ0v) is 18.2. The highest BCUT2D eigenvalue weighted by molar-refractivity contribution is 6.30. The average Bonchev–Trinajstić information content (AvgIpc) is 2.83. The number of benzene rings is 4. The van der Waals surface area contributed by atoms with E-state index in [0.717, 1.165) is 11.1 Å². The second kappa shape index (κ2) is 10.0. The molecule has 0 aromatic heterocycles. The Bertz CT molecular complexity index is 1260. The summed E-state index contributed by atoms with van der Waals surface area (Å²) in [5, 5.41) is 2.97. The SMILES string of the molecule is COc1cc(C=Cc2cccc3ccccc23)ccc1OC(=O)COc1ccc(Cl)cc1. The van der Waals surface area contributed by atoms with Gasteiger partial charge >= 0.3 is 5.97 Å². The summed E-state index contributed by atoms with van der Waals surface area (Å²) in [7, 11) is 1.54. The lowest BCUT2D eigenvalue weighted by molar-refractivity contribution is -0.136. The van der Waals surface area contributed by atoms with Crippen LogP contribution in [0.1, 0.15) is 11.1 Å². The molecular weight excluding hydrogens is 424 g/mol. The van der Waals surface area contributed by atoms with Gasteiger partial charge in [0.05, 0.1) is 7.11 Å². The van der Waals surface area contributed by atoms with Gasteiger partial charge in [0, 0.05) is 5.02 Å². The average molecular weight is 445 g/mol. The van der Waals surface area contributed by atoms with Gasteiger partial charge in [-0.15, -0.1) is 0 Å². The Morgan fingerprint density at radius 3 is 2.47 bits per heavy atom. The number of ether oxygens (including phenoxy) is 3. The van der Waals surface area contributed by atoms with Crippen molar-refractivity contribution in [3.8, 4) is 17.2 Å². The van der Waals surface area contributed by atoms with Gasteiger partial charge < -0.3 is 14.2 Å². The first-order chi connectivity index (χ1) is 15.6. The van der Waals surface area contributed by atoms with Crippen LogP contribution in [0.5, 0.6) is 17.2 Å². The monoisotopic (exact) mass is 444 g/mol. The Morgan fingerprint density at radius 1 is 0.875 bits per heavy atom. The Hall–Kier alpha value is -3.76. The molecule has 4 aromatic carbocycles. The summed E-state index contributed by atoms with van der Waals surface area (Å²) in [6.45, 7) is -0.229. The van der Waals surface area contributed by atoms with Gasteiger partial charge in [-0.25, -0.2) is 4.79 Å². The van der Waals surface area contributed by atoms with E-state index in [9.17, 15) is 4.79 Å². The van der Waals surface area contributed by atoms with Crippen molar-refractivity contribution in [2.45, 2.75) is 0 Å². The van der Waals surface area contributed by atoms with Crippen molar-refractivity contribution in [1.29, 1.82) is 0 Å². The summed E-state index contributed by atoms with van der Waals surface area (Å²) in [5.41, 5.74) is 2.05. The van der Waals surface area contributed by atoms with Crippen LogP contribution in [0.25, 0.3) is 22.9 Å². The zero-order valence-electron chi connectivity index (χ0n) is 17.5. The van der Waals surface area contributed by atoms with Crippen molar-refractivity contribution in [2.24, 2.45) is 0 Å². The second-order valence-corrected chi connectivity index (χ2v) is 7.47. The van der Waals surface area contributed by atoms with Crippen LogP contribution in [0.15, 0.2) is 84.9 Å². The lowest BCUT2D eigenvalue weighted by Crippen LogP contribution is -2.18. The number of fused-ring (bicyclic) bond motifs is 1. The normalized spacial score (nSPS) is 10.9. The van der Waals surface area contributed by atoms with Crippen molar-refractivity contribution >= 4 is 40.5 Å². The first-order valence-corrected chi connectivity index (χ1v) is 10.4. The summed E-state index contributed by atoms with van der Waals surface area (Å²) in [6.07, 6.45) is 4.06. The molecule has 0 atom stereocenters. The minimum atomic E-state index is -0.530. The molecule has 0 unspecified atom stereocenters. The molecule has 4 rings (SSSR count). The number of esters is 1. The fraction of sp³-hybridized carbons (Fsp3) is 0.0741. The van der Waals surface area contributed by atoms with Crippen molar-refractivity contribution in [2.75, 3.05) is 13.7 Å². The van der Waals surface area contributed by atoms with Crippen LogP contribution in [0.2, 0.25) is 5.02 Å². The van der Waals surface area contributed by atoms with Gasteiger partial charge in [0.2, 0.25) is 0 Å². The Morgan fingerprint density at radius 2 is 1.66 bits per heavy atom. The molecular formula is C27H21ClO4. The molecule has 0 N–H and O–H groups in total. The topological polar surface area (TPSA) is 44.8 Å². The van der Waals surface area contributed by atoms with E-state index in [1.54, 1.807) is 30.3 Å². The summed E-state index contributed by atoms with van der Waals surface area (Å²) in [5.74, 6) is 0.800. The van der Waals surface area contributed by atoms with Crippen molar-refractivity contribution < 1.29 is 19.0 Å². The van der Waals surface area contributed by atoms with E-state index in [4.69, 9.17) is 25.8 Å². The molecule has 0 aliphatic heterocycles. The van der Waals surface area contributed by atoms with Crippen LogP contribution in [0.3, 0.4) is 0 Å². The maximum atomic E-state index is 12.2. The van der Waals surface area contributed by atoms with E-state index in [2.05, 4.69) is 30.3 Å². The van der Waals surface area contributed by atoms with E-state index in [1.165, 1.54) is 17.9 Å². The van der Waals surface area contributed by atoms with Crippen LogP contribution in [-0.2, 0) is 4.79 Å². The van der Waals surface area contributed by atoms with Gasteiger partial charge in [-0.05, 0) is 58.3 Å². The largest absolute Gasteiger partial charge is 0.493 e. The molecule has 0 fully saturated rings. The molecule has 4 aromatic rings. The zero-order chi connectivity index (χ0) is 22.3. The van der Waals surface area contributed by atoms with Gasteiger partial charge in [0.25, 0.3) is 0 Å². The molecule has 0 radical (unpaired) electrons. The third-order valence-electron chi connectivity index (χ3n) is 4.86. The van der Waals surface area contributed by atoms with E-state index < -0.39 is 5.97 Å². The maximum absolute atomic E-state index is 12.2. The first kappa shape index (κ1) is 21.5. The minimum Gasteiger partial charge on any atom is -0.493 e. The molecule has 0 saturated carbocycles. The third-order valence-corrected chi connectivity index (χ3v) is 5.11. The summed E-state index contributed by atoms with van der Waals surface area (Å²) >= 11 is 5.84.